The highest BCUT2D eigenvalue weighted by Gasteiger charge is 2.21. The second-order valence-electron chi connectivity index (χ2n) is 3.30. The van der Waals surface area contributed by atoms with Crippen molar-refractivity contribution in [2.75, 3.05) is 13.2 Å². The molecule has 1 aromatic rings. The molecule has 0 aliphatic carbocycles. The maximum absolute atomic E-state index is 10.7. The van der Waals surface area contributed by atoms with Crippen LogP contribution in [0.15, 0.2) is 30.8 Å². The van der Waals surface area contributed by atoms with E-state index in [1.165, 1.54) is 0 Å². The second kappa shape index (κ2) is 4.38. The lowest BCUT2D eigenvalue weighted by molar-refractivity contribution is -0.103. The maximum Gasteiger partial charge on any atom is 0.184 e. The van der Waals surface area contributed by atoms with Gasteiger partial charge < -0.3 is 9.47 Å². The molecule has 0 bridgehead atoms. The predicted octanol–water partition coefficient (Wildman–Crippen LogP) is 1.94. The van der Waals surface area contributed by atoms with Gasteiger partial charge >= 0.3 is 0 Å². The van der Waals surface area contributed by atoms with Crippen molar-refractivity contribution in [2.45, 2.75) is 6.29 Å². The van der Waals surface area contributed by atoms with E-state index in [1.54, 1.807) is 0 Å². The maximum atomic E-state index is 10.7. The number of carbonyl (C=O) groups is 1. The van der Waals surface area contributed by atoms with E-state index in [2.05, 4.69) is 6.58 Å². The molecule has 0 spiro atoms. The Morgan fingerprint density at radius 3 is 2.67 bits per heavy atom. The largest absolute Gasteiger partial charge is 0.346 e. The molecule has 3 nitrogen and oxygen atoms in total. The molecule has 1 saturated heterocycles. The van der Waals surface area contributed by atoms with Crippen LogP contribution in [-0.2, 0) is 14.3 Å². The molecule has 0 saturated carbocycles. The average molecular weight is 204 g/mol. The lowest BCUT2D eigenvalue weighted by atomic mass is 10.0. The molecule has 1 fully saturated rings. The smallest absolute Gasteiger partial charge is 0.184 e. The Morgan fingerprint density at radius 2 is 2.00 bits per heavy atom. The first-order valence-electron chi connectivity index (χ1n) is 4.79. The minimum absolute atomic E-state index is 0.363. The van der Waals surface area contributed by atoms with E-state index in [9.17, 15) is 4.79 Å². The minimum atomic E-state index is -0.363. The molecule has 3 heteroatoms. The first-order valence-corrected chi connectivity index (χ1v) is 4.79. The van der Waals surface area contributed by atoms with Crippen molar-refractivity contribution in [3.05, 3.63) is 42.0 Å². The number of ether oxygens (including phenoxy) is 2. The third-order valence-electron chi connectivity index (χ3n) is 2.32. The van der Waals surface area contributed by atoms with Crippen LogP contribution in [0.1, 0.15) is 17.4 Å². The van der Waals surface area contributed by atoms with E-state index in [1.807, 2.05) is 24.3 Å². The number of allylic oxidation sites excluding steroid dienone is 1. The zero-order valence-corrected chi connectivity index (χ0v) is 8.31. The Kier molecular flexibility index (Phi) is 2.94. The molecule has 0 amide bonds. The van der Waals surface area contributed by atoms with Crippen molar-refractivity contribution in [3.8, 4) is 0 Å². The van der Waals surface area contributed by atoms with E-state index in [-0.39, 0.29) is 6.29 Å². The molecule has 0 N–H and O–H groups in total. The highest BCUT2D eigenvalue weighted by molar-refractivity contribution is 6.06. The third-order valence-corrected chi connectivity index (χ3v) is 2.32. The monoisotopic (exact) mass is 204 g/mol. The van der Waals surface area contributed by atoms with Crippen molar-refractivity contribution in [1.82, 2.24) is 0 Å². The van der Waals surface area contributed by atoms with Crippen molar-refractivity contribution >= 4 is 11.9 Å². The average Bonchev–Trinajstić information content (AvgIpc) is 2.81. The normalized spacial score (nSPS) is 16.5. The number of rotatable bonds is 3. The van der Waals surface area contributed by atoms with Crippen molar-refractivity contribution in [3.63, 3.8) is 0 Å². The highest BCUT2D eigenvalue weighted by Crippen LogP contribution is 2.28. The second-order valence-corrected chi connectivity index (χ2v) is 3.30. The van der Waals surface area contributed by atoms with Crippen molar-refractivity contribution in [2.24, 2.45) is 0 Å². The lowest BCUT2D eigenvalue weighted by Gasteiger charge is -2.13. The summed E-state index contributed by atoms with van der Waals surface area (Å²) >= 11 is 0. The van der Waals surface area contributed by atoms with Crippen LogP contribution >= 0.6 is 0 Å². The molecule has 0 unspecified atom stereocenters. The summed E-state index contributed by atoms with van der Waals surface area (Å²) in [5, 5.41) is 0. The number of hydrogen-bond acceptors (Lipinski definition) is 3. The molecule has 0 radical (unpaired) electrons. The van der Waals surface area contributed by atoms with Gasteiger partial charge in [-0.15, -0.1) is 0 Å². The summed E-state index contributed by atoms with van der Waals surface area (Å²) in [4.78, 5) is 10.7. The van der Waals surface area contributed by atoms with Crippen LogP contribution in [0.2, 0.25) is 0 Å². The standard InChI is InChI=1S/C12H12O3/c1-9(8-13)10-4-2-3-5-11(10)12-14-6-7-15-12/h2-5,8,12H,1,6-7H2. The van der Waals surface area contributed by atoms with Gasteiger partial charge in [0.25, 0.3) is 0 Å². The Morgan fingerprint density at radius 1 is 1.33 bits per heavy atom. The number of benzene rings is 1. The van der Waals surface area contributed by atoms with Crippen LogP contribution in [0.5, 0.6) is 0 Å². The Labute approximate surface area is 88.3 Å². The van der Waals surface area contributed by atoms with Gasteiger partial charge in [0.05, 0.1) is 13.2 Å². The van der Waals surface area contributed by atoms with E-state index >= 15 is 0 Å². The van der Waals surface area contributed by atoms with E-state index < -0.39 is 0 Å². The van der Waals surface area contributed by atoms with Crippen LogP contribution in [0, 0.1) is 0 Å². The molecule has 1 heterocycles. The molecule has 1 aliphatic rings. The van der Waals surface area contributed by atoms with Gasteiger partial charge in [0.15, 0.2) is 6.29 Å². The van der Waals surface area contributed by atoms with Crippen molar-refractivity contribution < 1.29 is 14.3 Å². The number of hydrogen-bond donors (Lipinski definition) is 0. The number of aldehydes is 1. The first kappa shape index (κ1) is 10.1. The van der Waals surface area contributed by atoms with Gasteiger partial charge in [0.2, 0.25) is 0 Å². The van der Waals surface area contributed by atoms with Gasteiger partial charge in [-0.25, -0.2) is 0 Å². The molecular weight excluding hydrogens is 192 g/mol. The van der Waals surface area contributed by atoms with Crippen LogP contribution in [0.25, 0.3) is 5.57 Å². The molecular formula is C12H12O3. The molecule has 0 atom stereocenters. The zero-order chi connectivity index (χ0) is 10.7. The molecule has 78 valence electrons. The summed E-state index contributed by atoms with van der Waals surface area (Å²) in [5.41, 5.74) is 2.11. The van der Waals surface area contributed by atoms with Gasteiger partial charge in [-0.1, -0.05) is 30.8 Å². The summed E-state index contributed by atoms with van der Waals surface area (Å²) in [5.74, 6) is 0. The van der Waals surface area contributed by atoms with Crippen LogP contribution in [-0.4, -0.2) is 19.5 Å². The van der Waals surface area contributed by atoms with Crippen LogP contribution < -0.4 is 0 Å². The van der Waals surface area contributed by atoms with E-state index in [4.69, 9.17) is 9.47 Å². The molecule has 15 heavy (non-hydrogen) atoms. The van der Waals surface area contributed by atoms with Gasteiger partial charge in [-0.05, 0) is 5.56 Å². The number of carbonyl (C=O) groups excluding carboxylic acids is 1. The topological polar surface area (TPSA) is 35.5 Å². The molecule has 0 aromatic heterocycles. The predicted molar refractivity (Wildman–Crippen MR) is 56.2 cm³/mol. The Hall–Kier alpha value is -1.45. The summed E-state index contributed by atoms with van der Waals surface area (Å²) in [6.07, 6.45) is 0.381. The summed E-state index contributed by atoms with van der Waals surface area (Å²) in [7, 11) is 0. The highest BCUT2D eigenvalue weighted by atomic mass is 16.7. The van der Waals surface area contributed by atoms with Gasteiger partial charge in [0.1, 0.15) is 6.29 Å². The van der Waals surface area contributed by atoms with Crippen LogP contribution in [0.3, 0.4) is 0 Å². The fraction of sp³-hybridized carbons (Fsp3) is 0.250. The quantitative estimate of drug-likeness (QED) is 0.557. The molecule has 2 rings (SSSR count). The SMILES string of the molecule is C=C(C=O)c1ccccc1C1OCCO1. The summed E-state index contributed by atoms with van der Waals surface area (Å²) in [6, 6.07) is 7.49. The first-order chi connectivity index (χ1) is 7.33. The van der Waals surface area contributed by atoms with E-state index in [0.29, 0.717) is 18.8 Å². The third kappa shape index (κ3) is 1.98. The fourth-order valence-corrected chi connectivity index (χ4v) is 1.60. The minimum Gasteiger partial charge on any atom is -0.346 e. The van der Waals surface area contributed by atoms with Crippen LogP contribution in [0.4, 0.5) is 0 Å². The van der Waals surface area contributed by atoms with Gasteiger partial charge in [0, 0.05) is 11.1 Å². The van der Waals surface area contributed by atoms with Gasteiger partial charge in [-0.2, -0.15) is 0 Å². The van der Waals surface area contributed by atoms with Gasteiger partial charge in [-0.3, -0.25) is 4.79 Å². The molecule has 1 aliphatic heterocycles. The zero-order valence-electron chi connectivity index (χ0n) is 8.31. The lowest BCUT2D eigenvalue weighted by Crippen LogP contribution is -2.02. The Bertz CT molecular complexity index is 378. The fourth-order valence-electron chi connectivity index (χ4n) is 1.60. The van der Waals surface area contributed by atoms with Crippen molar-refractivity contribution in [1.29, 1.82) is 0 Å². The Balaban J connectivity index is 2.36. The van der Waals surface area contributed by atoms with E-state index in [0.717, 1.165) is 17.4 Å². The molecule has 1 aromatic carbocycles. The summed E-state index contributed by atoms with van der Waals surface area (Å²) < 4.78 is 10.8. The summed E-state index contributed by atoms with van der Waals surface area (Å²) in [6.45, 7) is 4.88.